The number of hydrogen-bond donors (Lipinski definition) is 2. The molecule has 0 radical (unpaired) electrons. The maximum Gasteiger partial charge on any atom is 0.295 e. The van der Waals surface area contributed by atoms with Crippen molar-refractivity contribution in [2.75, 3.05) is 30.1 Å². The van der Waals surface area contributed by atoms with Gasteiger partial charge in [0.25, 0.3) is 6.43 Å². The van der Waals surface area contributed by atoms with Crippen LogP contribution >= 0.6 is 40.2 Å². The molecular formula is C25H22F3IN7O2PS. The Balaban J connectivity index is 1.53. The first-order valence-corrected chi connectivity index (χ1v) is 17.3. The Labute approximate surface area is 246 Å². The summed E-state index contributed by atoms with van der Waals surface area (Å²) in [5.41, 5.74) is 1.56. The molecule has 4 heterocycles. The second kappa shape index (κ2) is 12.8. The third-order valence-corrected chi connectivity index (χ3v) is 8.87. The van der Waals surface area contributed by atoms with Crippen molar-refractivity contribution in [3.63, 3.8) is 0 Å². The second-order valence-corrected chi connectivity index (χ2v) is 11.5. The van der Waals surface area contributed by atoms with Crippen LogP contribution in [-0.2, 0) is 4.74 Å². The number of nitriles is 1. The zero-order chi connectivity index (χ0) is 28.2. The van der Waals surface area contributed by atoms with Crippen molar-refractivity contribution in [3.8, 4) is 11.8 Å². The smallest absolute Gasteiger partial charge is 0.295 e. The number of thioether (sulfide) groups is 1. The van der Waals surface area contributed by atoms with E-state index in [-0.39, 0.29) is 35.2 Å². The predicted octanol–water partition coefficient (Wildman–Crippen LogP) is 7.33. The summed E-state index contributed by atoms with van der Waals surface area (Å²) in [5, 5.41) is 16.0. The van der Waals surface area contributed by atoms with Gasteiger partial charge in [-0.15, -0.1) is 11.8 Å². The van der Waals surface area contributed by atoms with E-state index in [0.717, 1.165) is 12.8 Å². The molecule has 0 aliphatic carbocycles. The Morgan fingerprint density at radius 2 is 1.93 bits per heavy atom. The number of pyridine rings is 2. The van der Waals surface area contributed by atoms with Gasteiger partial charge in [0.05, 0.1) is 31.0 Å². The maximum atomic E-state index is 13.9. The largest absolute Gasteiger partial charge is 0.487 e. The van der Waals surface area contributed by atoms with Crippen LogP contribution in [0.4, 0.5) is 36.2 Å². The van der Waals surface area contributed by atoms with Crippen LogP contribution < -0.4 is 15.4 Å². The highest BCUT2D eigenvalue weighted by molar-refractivity contribution is 14.2. The van der Waals surface area contributed by atoms with Crippen molar-refractivity contribution in [1.29, 1.82) is 5.26 Å². The molecule has 15 heteroatoms. The van der Waals surface area contributed by atoms with E-state index in [1.807, 2.05) is 28.3 Å². The number of rotatable bonds is 9. The zero-order valence-electron chi connectivity index (χ0n) is 20.9. The fraction of sp³-hybridized carbons (Fsp3) is 0.280. The molecule has 208 valence electrons. The fourth-order valence-electron chi connectivity index (χ4n) is 4.16. The van der Waals surface area contributed by atoms with E-state index in [2.05, 4.69) is 31.7 Å². The normalized spacial score (nSPS) is 14.2. The predicted molar refractivity (Wildman–Crippen MR) is 158 cm³/mol. The van der Waals surface area contributed by atoms with Gasteiger partial charge in [-0.3, -0.25) is 4.34 Å². The minimum atomic E-state index is -2.81. The Hall–Kier alpha value is -2.86. The number of fused-ring (bicyclic) bond motifs is 1. The minimum absolute atomic E-state index is 0.0600. The van der Waals surface area contributed by atoms with Crippen LogP contribution in [-0.4, -0.2) is 44.9 Å². The molecule has 0 bridgehead atoms. The van der Waals surface area contributed by atoms with Crippen LogP contribution in [0.2, 0.25) is 0 Å². The van der Waals surface area contributed by atoms with Gasteiger partial charge in [0, 0.05) is 23.8 Å². The number of nitrogens with zero attached hydrogens (tertiary/aromatic N) is 5. The highest BCUT2D eigenvalue weighted by atomic mass is 127. The van der Waals surface area contributed by atoms with Crippen LogP contribution in [0.1, 0.15) is 30.8 Å². The Bertz CT molecular complexity index is 1580. The van der Waals surface area contributed by atoms with Crippen LogP contribution in [0, 0.1) is 17.1 Å². The lowest BCUT2D eigenvalue weighted by Crippen LogP contribution is -2.26. The number of nitrogens with one attached hydrogen (secondary N) is 2. The molecule has 1 aliphatic rings. The molecule has 40 heavy (non-hydrogen) atoms. The number of alkyl halides is 2. The summed E-state index contributed by atoms with van der Waals surface area (Å²) in [4.78, 5) is 13.8. The molecule has 1 saturated heterocycles. The van der Waals surface area contributed by atoms with Gasteiger partial charge < -0.3 is 20.1 Å². The van der Waals surface area contributed by atoms with E-state index in [4.69, 9.17) is 9.47 Å². The zero-order valence-corrected chi connectivity index (χ0v) is 24.9. The maximum absolute atomic E-state index is 13.9. The summed E-state index contributed by atoms with van der Waals surface area (Å²) in [6.45, 7) is 1.20. The van der Waals surface area contributed by atoms with E-state index < -0.39 is 18.1 Å². The van der Waals surface area contributed by atoms with E-state index in [1.165, 1.54) is 28.2 Å². The van der Waals surface area contributed by atoms with E-state index in [0.29, 0.717) is 41.1 Å². The number of benzene rings is 1. The molecule has 1 atom stereocenters. The molecule has 4 aromatic rings. The van der Waals surface area contributed by atoms with Crippen molar-refractivity contribution in [3.05, 3.63) is 53.7 Å². The standard InChI is InChI=1S/C25H22F3IN7O2PS/c1-40-19-10-13(26)2-3-15(19)31-16-11-21(34-24-22(16)35-25(23(27)28)36(24)39-29)33-20-5-4-18(17(12-30)32-20)38-14-6-8-37-9-7-14/h2-5,10-11,14,23,39H,6-9H2,1H3,(H2,31,32,33,34). The first kappa shape index (κ1) is 28.7. The molecule has 3 aromatic heterocycles. The third kappa shape index (κ3) is 6.22. The summed E-state index contributed by atoms with van der Waals surface area (Å²) in [6, 6.07) is 11.3. The lowest BCUT2D eigenvalue weighted by molar-refractivity contribution is 0.0253. The molecule has 5 rings (SSSR count). The van der Waals surface area contributed by atoms with Gasteiger partial charge in [0.1, 0.15) is 35.1 Å². The summed E-state index contributed by atoms with van der Waals surface area (Å²) in [6.07, 6.45) is 0.301. The van der Waals surface area contributed by atoms with E-state index in [1.54, 1.807) is 24.3 Å². The lowest BCUT2D eigenvalue weighted by atomic mass is 10.1. The molecule has 1 unspecified atom stereocenters. The molecular weight excluding hydrogens is 677 g/mol. The number of hydrogen-bond acceptors (Lipinski definition) is 9. The summed E-state index contributed by atoms with van der Waals surface area (Å²) in [5.74, 6) is 0.180. The van der Waals surface area contributed by atoms with Gasteiger partial charge in [-0.1, -0.05) is 0 Å². The Kier molecular flexibility index (Phi) is 9.14. The average Bonchev–Trinajstić information content (AvgIpc) is 3.34. The van der Waals surface area contributed by atoms with Crippen LogP contribution in [0.25, 0.3) is 11.2 Å². The quantitative estimate of drug-likeness (QED) is 0.105. The van der Waals surface area contributed by atoms with Crippen molar-refractivity contribution in [1.82, 2.24) is 19.3 Å². The van der Waals surface area contributed by atoms with Crippen LogP contribution in [0.5, 0.6) is 5.75 Å². The molecule has 0 amide bonds. The number of aromatic nitrogens is 4. The Morgan fingerprint density at radius 3 is 2.62 bits per heavy atom. The molecule has 0 spiro atoms. The molecule has 1 aromatic carbocycles. The van der Waals surface area contributed by atoms with Gasteiger partial charge in [0.15, 0.2) is 22.9 Å². The Morgan fingerprint density at radius 1 is 1.12 bits per heavy atom. The molecule has 2 N–H and O–H groups in total. The van der Waals surface area contributed by atoms with Gasteiger partial charge in [-0.05, 0) is 58.6 Å². The van der Waals surface area contributed by atoms with Crippen LogP contribution in [0.15, 0.2) is 41.3 Å². The van der Waals surface area contributed by atoms with Gasteiger partial charge in [-0.2, -0.15) is 5.26 Å². The molecule has 1 aliphatic heterocycles. The summed E-state index contributed by atoms with van der Waals surface area (Å²) in [7, 11) is 0. The van der Waals surface area contributed by atoms with Gasteiger partial charge in [0.2, 0.25) is 0 Å². The molecule has 1 fully saturated rings. The third-order valence-electron chi connectivity index (χ3n) is 6.04. The number of halogens is 4. The van der Waals surface area contributed by atoms with Gasteiger partial charge in [-0.25, -0.2) is 28.1 Å². The van der Waals surface area contributed by atoms with E-state index in [9.17, 15) is 18.4 Å². The molecule has 0 saturated carbocycles. The number of anilines is 4. The summed E-state index contributed by atoms with van der Waals surface area (Å²) >= 11 is 3.34. The lowest BCUT2D eigenvalue weighted by Gasteiger charge is -2.23. The monoisotopic (exact) mass is 699 g/mol. The second-order valence-electron chi connectivity index (χ2n) is 8.60. The van der Waals surface area contributed by atoms with Crippen molar-refractivity contribution >= 4 is 74.4 Å². The first-order chi connectivity index (χ1) is 19.4. The highest BCUT2D eigenvalue weighted by Crippen LogP contribution is 2.39. The average molecular weight is 699 g/mol. The minimum Gasteiger partial charge on any atom is -0.487 e. The van der Waals surface area contributed by atoms with E-state index >= 15 is 0 Å². The SMILES string of the molecule is CSc1cc(F)ccc1Nc1cc(Nc2ccc(OC3CCOCC3)c(C#N)n2)nc2c1nc(C(F)F)n2PI. The molecule has 9 nitrogen and oxygen atoms in total. The van der Waals surface area contributed by atoms with Crippen LogP contribution in [0.3, 0.4) is 0 Å². The first-order valence-electron chi connectivity index (χ1n) is 12.0. The number of imidazole rings is 1. The summed E-state index contributed by atoms with van der Waals surface area (Å²) < 4.78 is 54.3. The topological polar surface area (TPSA) is 110 Å². The number of ether oxygens (including phenoxy) is 2. The van der Waals surface area contributed by atoms with Gasteiger partial charge >= 0.3 is 0 Å². The fourth-order valence-corrected chi connectivity index (χ4v) is 6.63. The highest BCUT2D eigenvalue weighted by Gasteiger charge is 2.23. The van der Waals surface area contributed by atoms with Crippen molar-refractivity contribution in [2.24, 2.45) is 0 Å². The van der Waals surface area contributed by atoms with Crippen molar-refractivity contribution < 1.29 is 22.6 Å². The van der Waals surface area contributed by atoms with Crippen molar-refractivity contribution in [2.45, 2.75) is 30.3 Å².